The maximum atomic E-state index is 5.91. The molecule has 0 bridgehead atoms. The molecule has 1 saturated heterocycles. The van der Waals surface area contributed by atoms with Crippen LogP contribution < -0.4 is 16.0 Å². The number of aromatic nitrogens is 2. The van der Waals surface area contributed by atoms with Crippen molar-refractivity contribution in [3.8, 4) is 0 Å². The molecule has 1 aromatic heterocycles. The van der Waals surface area contributed by atoms with E-state index in [1.54, 1.807) is 0 Å². The molecule has 0 radical (unpaired) electrons. The number of nitrogens with zero attached hydrogens (tertiary/aromatic N) is 3. The van der Waals surface area contributed by atoms with E-state index in [0.717, 1.165) is 48.8 Å². The summed E-state index contributed by atoms with van der Waals surface area (Å²) in [7, 11) is 0. The summed E-state index contributed by atoms with van der Waals surface area (Å²) in [6.07, 6.45) is 2.60. The fraction of sp³-hybridized carbons (Fsp3) is 0.467. The van der Waals surface area contributed by atoms with Crippen molar-refractivity contribution >= 4 is 22.7 Å². The highest BCUT2D eigenvalue weighted by Crippen LogP contribution is 2.41. The van der Waals surface area contributed by atoms with Gasteiger partial charge in [0.05, 0.1) is 5.52 Å². The van der Waals surface area contributed by atoms with E-state index in [1.165, 1.54) is 18.4 Å². The minimum atomic E-state index is 0.374. The largest absolute Gasteiger partial charge is 0.368 e. The van der Waals surface area contributed by atoms with Crippen molar-refractivity contribution in [2.24, 2.45) is 0 Å². The monoisotopic (exact) mass is 269 g/mol. The number of nitrogen functional groups attached to an aromatic ring is 1. The Morgan fingerprint density at radius 2 is 1.95 bits per heavy atom. The van der Waals surface area contributed by atoms with Crippen molar-refractivity contribution in [3.63, 3.8) is 0 Å². The highest BCUT2D eigenvalue weighted by atomic mass is 15.2. The second-order valence-corrected chi connectivity index (χ2v) is 5.69. The molecule has 20 heavy (non-hydrogen) atoms. The van der Waals surface area contributed by atoms with Crippen molar-refractivity contribution in [2.75, 3.05) is 36.8 Å². The Morgan fingerprint density at radius 3 is 2.70 bits per heavy atom. The molecule has 4 rings (SSSR count). The van der Waals surface area contributed by atoms with E-state index < -0.39 is 0 Å². The van der Waals surface area contributed by atoms with E-state index in [9.17, 15) is 0 Å². The summed E-state index contributed by atoms with van der Waals surface area (Å²) in [5.74, 6) is 2.09. The second-order valence-electron chi connectivity index (χ2n) is 5.69. The third-order valence-electron chi connectivity index (χ3n) is 4.18. The molecule has 2 fully saturated rings. The number of nitrogens with one attached hydrogen (secondary N) is 1. The van der Waals surface area contributed by atoms with Gasteiger partial charge >= 0.3 is 0 Å². The normalized spacial score (nSPS) is 19.5. The van der Waals surface area contributed by atoms with E-state index in [-0.39, 0.29) is 0 Å². The fourth-order valence-electron chi connectivity index (χ4n) is 2.94. The lowest BCUT2D eigenvalue weighted by molar-refractivity contribution is 0.586. The number of hydrogen-bond acceptors (Lipinski definition) is 5. The Labute approximate surface area is 118 Å². The average molecular weight is 269 g/mol. The van der Waals surface area contributed by atoms with Gasteiger partial charge in [-0.25, -0.2) is 4.98 Å². The summed E-state index contributed by atoms with van der Waals surface area (Å²) in [4.78, 5) is 11.2. The Morgan fingerprint density at radius 1 is 1.15 bits per heavy atom. The van der Waals surface area contributed by atoms with Crippen molar-refractivity contribution in [2.45, 2.75) is 18.8 Å². The van der Waals surface area contributed by atoms with Crippen LogP contribution in [0.4, 0.5) is 11.8 Å². The van der Waals surface area contributed by atoms with Crippen LogP contribution in [-0.2, 0) is 0 Å². The molecule has 5 nitrogen and oxygen atoms in total. The predicted octanol–water partition coefficient (Wildman–Crippen LogP) is 1.50. The molecular formula is C15H19N5. The molecule has 2 heterocycles. The quantitative estimate of drug-likeness (QED) is 0.865. The molecule has 3 N–H and O–H groups in total. The summed E-state index contributed by atoms with van der Waals surface area (Å²) < 4.78 is 0. The lowest BCUT2D eigenvalue weighted by Gasteiger charge is -2.29. The van der Waals surface area contributed by atoms with Crippen LogP contribution in [0, 0.1) is 0 Å². The zero-order valence-electron chi connectivity index (χ0n) is 11.5. The highest BCUT2D eigenvalue weighted by Gasteiger charge is 2.24. The Balaban J connectivity index is 1.82. The zero-order valence-corrected chi connectivity index (χ0v) is 11.5. The number of fused-ring (bicyclic) bond motifs is 1. The van der Waals surface area contributed by atoms with Gasteiger partial charge in [-0.05, 0) is 36.5 Å². The number of rotatable bonds is 2. The molecule has 0 amide bonds. The fourth-order valence-corrected chi connectivity index (χ4v) is 2.94. The number of piperazine rings is 1. The van der Waals surface area contributed by atoms with E-state index in [0.29, 0.717) is 5.95 Å². The summed E-state index contributed by atoms with van der Waals surface area (Å²) >= 11 is 0. The van der Waals surface area contributed by atoms with Crippen LogP contribution in [-0.4, -0.2) is 36.1 Å². The smallest absolute Gasteiger partial charge is 0.222 e. The third-order valence-corrected chi connectivity index (χ3v) is 4.18. The SMILES string of the molecule is Nc1nc(N2CCNCC2)c2ccc(C3CC3)cc2n1. The average Bonchev–Trinajstić information content (AvgIpc) is 3.31. The van der Waals surface area contributed by atoms with Crippen LogP contribution in [0.2, 0.25) is 0 Å². The summed E-state index contributed by atoms with van der Waals surface area (Å²) in [5, 5.41) is 4.48. The molecule has 5 heteroatoms. The molecule has 1 saturated carbocycles. The van der Waals surface area contributed by atoms with Gasteiger partial charge in [-0.2, -0.15) is 4.98 Å². The maximum absolute atomic E-state index is 5.91. The van der Waals surface area contributed by atoms with Gasteiger partial charge in [0.1, 0.15) is 5.82 Å². The molecule has 0 spiro atoms. The molecule has 2 aliphatic rings. The first-order valence-corrected chi connectivity index (χ1v) is 7.34. The van der Waals surface area contributed by atoms with Crippen LogP contribution in [0.25, 0.3) is 10.9 Å². The van der Waals surface area contributed by atoms with Gasteiger partial charge < -0.3 is 16.0 Å². The maximum Gasteiger partial charge on any atom is 0.222 e. The summed E-state index contributed by atoms with van der Waals surface area (Å²) in [6, 6.07) is 6.59. The lowest BCUT2D eigenvalue weighted by Crippen LogP contribution is -2.44. The first kappa shape index (κ1) is 11.9. The van der Waals surface area contributed by atoms with Gasteiger partial charge in [-0.15, -0.1) is 0 Å². The number of nitrogens with two attached hydrogens (primary N) is 1. The second kappa shape index (κ2) is 4.59. The Bertz CT molecular complexity index is 644. The van der Waals surface area contributed by atoms with E-state index in [2.05, 4.69) is 38.4 Å². The van der Waals surface area contributed by atoms with Gasteiger partial charge in [0.2, 0.25) is 5.95 Å². The van der Waals surface area contributed by atoms with E-state index in [4.69, 9.17) is 5.73 Å². The standard InChI is InChI=1S/C15H19N5/c16-15-18-13-9-11(10-1-2-10)3-4-12(13)14(19-15)20-7-5-17-6-8-20/h3-4,9-10,17H,1-2,5-8H2,(H2,16,18,19). The Kier molecular flexibility index (Phi) is 2.73. The molecule has 2 aromatic rings. The van der Waals surface area contributed by atoms with Crippen LogP contribution in [0.3, 0.4) is 0 Å². The van der Waals surface area contributed by atoms with Gasteiger partial charge in [0.15, 0.2) is 0 Å². The molecule has 104 valence electrons. The van der Waals surface area contributed by atoms with Crippen molar-refractivity contribution in [1.29, 1.82) is 0 Å². The molecule has 1 aromatic carbocycles. The minimum absolute atomic E-state index is 0.374. The summed E-state index contributed by atoms with van der Waals surface area (Å²) in [6.45, 7) is 3.92. The van der Waals surface area contributed by atoms with Gasteiger partial charge in [0.25, 0.3) is 0 Å². The van der Waals surface area contributed by atoms with Gasteiger partial charge in [0, 0.05) is 31.6 Å². The highest BCUT2D eigenvalue weighted by molar-refractivity contribution is 5.91. The number of benzene rings is 1. The van der Waals surface area contributed by atoms with Crippen LogP contribution >= 0.6 is 0 Å². The lowest BCUT2D eigenvalue weighted by atomic mass is 10.1. The van der Waals surface area contributed by atoms with Crippen LogP contribution in [0.15, 0.2) is 18.2 Å². The number of anilines is 2. The zero-order chi connectivity index (χ0) is 13.5. The van der Waals surface area contributed by atoms with Crippen LogP contribution in [0.5, 0.6) is 0 Å². The predicted molar refractivity (Wildman–Crippen MR) is 81.0 cm³/mol. The van der Waals surface area contributed by atoms with E-state index in [1.807, 2.05) is 0 Å². The molecule has 0 unspecified atom stereocenters. The van der Waals surface area contributed by atoms with Gasteiger partial charge in [-0.1, -0.05) is 6.07 Å². The third kappa shape index (κ3) is 2.08. The van der Waals surface area contributed by atoms with Crippen molar-refractivity contribution < 1.29 is 0 Å². The first-order chi connectivity index (χ1) is 9.81. The molecular weight excluding hydrogens is 250 g/mol. The van der Waals surface area contributed by atoms with Crippen molar-refractivity contribution in [3.05, 3.63) is 23.8 Å². The molecule has 1 aliphatic carbocycles. The van der Waals surface area contributed by atoms with Crippen LogP contribution in [0.1, 0.15) is 24.3 Å². The minimum Gasteiger partial charge on any atom is -0.368 e. The van der Waals surface area contributed by atoms with E-state index >= 15 is 0 Å². The topological polar surface area (TPSA) is 67.1 Å². The first-order valence-electron chi connectivity index (χ1n) is 7.34. The van der Waals surface area contributed by atoms with Crippen molar-refractivity contribution in [1.82, 2.24) is 15.3 Å². The summed E-state index contributed by atoms with van der Waals surface area (Å²) in [5.41, 5.74) is 8.28. The number of hydrogen-bond donors (Lipinski definition) is 2. The molecule has 1 aliphatic heterocycles. The van der Waals surface area contributed by atoms with Gasteiger partial charge in [-0.3, -0.25) is 0 Å². The Hall–Kier alpha value is -1.88. The molecule has 0 atom stereocenters.